The monoisotopic (exact) mass is 419 g/mol. The second kappa shape index (κ2) is 8.81. The van der Waals surface area contributed by atoms with Gasteiger partial charge in [-0.05, 0) is 25.0 Å². The average Bonchev–Trinajstić information content (AvgIpc) is 3.18. The standard InChI is InChI=1S/C24H29N5O2/c1-16(2)21(25)15-23(30)26-19-12-20-14-22(18-6-4-17(3)5-7-18)27-29(20)24(13-19)28-8-10-31-11-9-28/h4-7,12-16,25-26,30H,8-11H2,1-3H3/b23-15+,25-21?. The van der Waals surface area contributed by atoms with E-state index in [1.54, 1.807) is 0 Å². The lowest BCUT2D eigenvalue weighted by molar-refractivity contribution is 0.122. The van der Waals surface area contributed by atoms with Gasteiger partial charge in [0.25, 0.3) is 0 Å². The van der Waals surface area contributed by atoms with E-state index in [4.69, 9.17) is 15.2 Å². The number of nitrogens with one attached hydrogen (secondary N) is 2. The third kappa shape index (κ3) is 4.72. The summed E-state index contributed by atoms with van der Waals surface area (Å²) in [6.45, 7) is 8.81. The Bertz CT molecular complexity index is 1110. The van der Waals surface area contributed by atoms with Gasteiger partial charge in [-0.2, -0.15) is 5.10 Å². The van der Waals surface area contributed by atoms with E-state index in [1.807, 2.05) is 30.5 Å². The molecular weight excluding hydrogens is 390 g/mol. The molecule has 3 N–H and O–H groups in total. The molecule has 0 unspecified atom stereocenters. The fourth-order valence-electron chi connectivity index (χ4n) is 3.54. The van der Waals surface area contributed by atoms with Crippen LogP contribution in [0.2, 0.25) is 0 Å². The van der Waals surface area contributed by atoms with Crippen LogP contribution >= 0.6 is 0 Å². The van der Waals surface area contributed by atoms with Gasteiger partial charge < -0.3 is 25.5 Å². The van der Waals surface area contributed by atoms with Crippen LogP contribution in [0.3, 0.4) is 0 Å². The van der Waals surface area contributed by atoms with E-state index in [-0.39, 0.29) is 11.8 Å². The van der Waals surface area contributed by atoms with Crippen LogP contribution in [0, 0.1) is 18.3 Å². The number of nitrogens with zero attached hydrogens (tertiary/aromatic N) is 3. The molecule has 0 amide bonds. The van der Waals surface area contributed by atoms with E-state index >= 15 is 0 Å². The van der Waals surface area contributed by atoms with Crippen molar-refractivity contribution in [3.05, 3.63) is 60.0 Å². The van der Waals surface area contributed by atoms with Crippen LogP contribution in [-0.2, 0) is 4.74 Å². The molecular formula is C24H29N5O2. The highest BCUT2D eigenvalue weighted by Gasteiger charge is 2.18. The summed E-state index contributed by atoms with van der Waals surface area (Å²) in [6, 6.07) is 14.3. The van der Waals surface area contributed by atoms with Crippen LogP contribution < -0.4 is 10.2 Å². The summed E-state index contributed by atoms with van der Waals surface area (Å²) in [7, 11) is 0. The maximum atomic E-state index is 10.4. The smallest absolute Gasteiger partial charge is 0.190 e. The first kappa shape index (κ1) is 20.9. The number of morpholine rings is 1. The number of hydrogen-bond donors (Lipinski definition) is 3. The number of hydrogen-bond acceptors (Lipinski definition) is 6. The summed E-state index contributed by atoms with van der Waals surface area (Å²) < 4.78 is 7.47. The first-order valence-electron chi connectivity index (χ1n) is 10.6. The number of pyridine rings is 1. The van der Waals surface area contributed by atoms with Gasteiger partial charge in [-0.1, -0.05) is 43.7 Å². The molecule has 1 aliphatic heterocycles. The van der Waals surface area contributed by atoms with E-state index in [9.17, 15) is 5.11 Å². The van der Waals surface area contributed by atoms with Crippen molar-refractivity contribution < 1.29 is 9.84 Å². The molecule has 3 aromatic rings. The molecule has 7 nitrogen and oxygen atoms in total. The Morgan fingerprint density at radius 1 is 1.16 bits per heavy atom. The second-order valence-corrected chi connectivity index (χ2v) is 8.20. The summed E-state index contributed by atoms with van der Waals surface area (Å²) in [4.78, 5) is 2.24. The second-order valence-electron chi connectivity index (χ2n) is 8.20. The Morgan fingerprint density at radius 2 is 1.87 bits per heavy atom. The SMILES string of the molecule is Cc1ccc(-c2cc3cc(N/C(O)=C\C(=N)C(C)C)cc(N4CCOCC4)n3n2)cc1. The largest absolute Gasteiger partial charge is 0.495 e. The predicted octanol–water partition coefficient (Wildman–Crippen LogP) is 4.63. The fraction of sp³-hybridized carbons (Fsp3) is 0.333. The minimum Gasteiger partial charge on any atom is -0.495 e. The Balaban J connectivity index is 1.75. The summed E-state index contributed by atoms with van der Waals surface area (Å²) in [6.07, 6.45) is 1.46. The number of aryl methyl sites for hydroxylation is 1. The van der Waals surface area contributed by atoms with Gasteiger partial charge in [0.1, 0.15) is 5.82 Å². The maximum Gasteiger partial charge on any atom is 0.190 e. The van der Waals surface area contributed by atoms with Gasteiger partial charge in [-0.15, -0.1) is 0 Å². The topological polar surface area (TPSA) is 85.9 Å². The molecule has 7 heteroatoms. The highest BCUT2D eigenvalue weighted by atomic mass is 16.5. The predicted molar refractivity (Wildman–Crippen MR) is 125 cm³/mol. The zero-order valence-electron chi connectivity index (χ0n) is 18.2. The first-order chi connectivity index (χ1) is 14.9. The van der Waals surface area contributed by atoms with Gasteiger partial charge in [-0.3, -0.25) is 0 Å². The number of aliphatic hydroxyl groups is 1. The van der Waals surface area contributed by atoms with Crippen LogP contribution in [0.1, 0.15) is 19.4 Å². The molecule has 2 aromatic heterocycles. The minimum absolute atomic E-state index is 0.0437. The molecule has 31 heavy (non-hydrogen) atoms. The van der Waals surface area contributed by atoms with E-state index in [0.29, 0.717) is 18.9 Å². The number of ether oxygens (including phenoxy) is 1. The number of aliphatic hydroxyl groups excluding tert-OH is 1. The summed E-state index contributed by atoms with van der Waals surface area (Å²) >= 11 is 0. The Labute approximate surface area is 182 Å². The fourth-order valence-corrected chi connectivity index (χ4v) is 3.54. The van der Waals surface area contributed by atoms with Crippen LogP contribution in [0.15, 0.2) is 54.4 Å². The number of fused-ring (bicyclic) bond motifs is 1. The molecule has 0 aliphatic carbocycles. The molecule has 0 atom stereocenters. The molecule has 1 fully saturated rings. The Morgan fingerprint density at radius 3 is 2.55 bits per heavy atom. The first-order valence-corrected chi connectivity index (χ1v) is 10.6. The molecule has 1 saturated heterocycles. The van der Waals surface area contributed by atoms with Gasteiger partial charge in [0, 0.05) is 42.2 Å². The molecule has 0 radical (unpaired) electrons. The van der Waals surface area contributed by atoms with E-state index in [1.165, 1.54) is 11.6 Å². The summed E-state index contributed by atoms with van der Waals surface area (Å²) in [5, 5.41) is 26.2. The van der Waals surface area contributed by atoms with Crippen LogP contribution in [0.25, 0.3) is 16.8 Å². The maximum absolute atomic E-state index is 10.4. The van der Waals surface area contributed by atoms with Crippen molar-refractivity contribution >= 4 is 22.7 Å². The van der Waals surface area contributed by atoms with Crippen LogP contribution in [0.5, 0.6) is 0 Å². The summed E-state index contributed by atoms with van der Waals surface area (Å²) in [5.74, 6) is 0.935. The number of aromatic nitrogens is 2. The third-order valence-corrected chi connectivity index (χ3v) is 5.41. The number of anilines is 2. The van der Waals surface area contributed by atoms with Gasteiger partial charge in [0.15, 0.2) is 5.88 Å². The molecule has 1 aliphatic rings. The van der Waals surface area contributed by atoms with Crippen molar-refractivity contribution in [2.24, 2.45) is 5.92 Å². The molecule has 1 aromatic carbocycles. The number of allylic oxidation sites excluding steroid dienone is 1. The lowest BCUT2D eigenvalue weighted by Crippen LogP contribution is -2.37. The quantitative estimate of drug-likeness (QED) is 0.401. The van der Waals surface area contributed by atoms with Gasteiger partial charge in [0.2, 0.25) is 0 Å². The Kier molecular flexibility index (Phi) is 5.95. The zero-order valence-corrected chi connectivity index (χ0v) is 18.2. The highest BCUT2D eigenvalue weighted by molar-refractivity contribution is 5.94. The highest BCUT2D eigenvalue weighted by Crippen LogP contribution is 2.28. The number of rotatable bonds is 6. The van der Waals surface area contributed by atoms with Gasteiger partial charge >= 0.3 is 0 Å². The molecule has 162 valence electrons. The molecule has 0 saturated carbocycles. The van der Waals surface area contributed by atoms with Gasteiger partial charge in [-0.25, -0.2) is 4.52 Å². The average molecular weight is 420 g/mol. The van der Waals surface area contributed by atoms with Crippen molar-refractivity contribution in [1.82, 2.24) is 9.61 Å². The van der Waals surface area contributed by atoms with Crippen molar-refractivity contribution in [2.75, 3.05) is 36.5 Å². The van der Waals surface area contributed by atoms with Crippen molar-refractivity contribution in [3.63, 3.8) is 0 Å². The van der Waals surface area contributed by atoms with Crippen molar-refractivity contribution in [2.45, 2.75) is 20.8 Å². The molecule has 4 rings (SSSR count). The molecule has 0 bridgehead atoms. The normalized spacial score (nSPS) is 15.0. The van der Waals surface area contributed by atoms with Crippen molar-refractivity contribution in [1.29, 1.82) is 5.41 Å². The van der Waals surface area contributed by atoms with Crippen molar-refractivity contribution in [3.8, 4) is 11.3 Å². The van der Waals surface area contributed by atoms with E-state index in [0.717, 1.165) is 41.4 Å². The summed E-state index contributed by atoms with van der Waals surface area (Å²) in [5.41, 5.74) is 5.20. The Hall–Kier alpha value is -3.32. The molecule has 0 spiro atoms. The molecule has 3 heterocycles. The minimum atomic E-state index is -0.0470. The van der Waals surface area contributed by atoms with E-state index < -0.39 is 0 Å². The van der Waals surface area contributed by atoms with Crippen LogP contribution in [0.4, 0.5) is 11.5 Å². The van der Waals surface area contributed by atoms with Gasteiger partial charge in [0.05, 0.1) is 24.4 Å². The number of benzene rings is 1. The third-order valence-electron chi connectivity index (χ3n) is 5.41. The van der Waals surface area contributed by atoms with E-state index in [2.05, 4.69) is 47.5 Å². The van der Waals surface area contributed by atoms with Crippen LogP contribution in [-0.4, -0.2) is 46.7 Å². The lowest BCUT2D eigenvalue weighted by Gasteiger charge is -2.29. The zero-order chi connectivity index (χ0) is 22.0. The lowest BCUT2D eigenvalue weighted by atomic mass is 10.1.